The van der Waals surface area contributed by atoms with Crippen LogP contribution in [-0.4, -0.2) is 16.9 Å². The van der Waals surface area contributed by atoms with Crippen molar-refractivity contribution in [3.63, 3.8) is 0 Å². The van der Waals surface area contributed by atoms with Crippen molar-refractivity contribution in [2.45, 2.75) is 25.9 Å². The second-order valence-corrected chi connectivity index (χ2v) is 3.89. The maximum atomic E-state index is 12.6. The smallest absolute Gasteiger partial charge is 0.276 e. The van der Waals surface area contributed by atoms with Crippen molar-refractivity contribution in [2.24, 2.45) is 5.10 Å². The molecule has 0 bridgehead atoms. The molecule has 0 radical (unpaired) electrons. The molecule has 1 aliphatic heterocycles. The Kier molecular flexibility index (Phi) is 3.36. The summed E-state index contributed by atoms with van der Waals surface area (Å²) in [4.78, 5) is 4.12. The Morgan fingerprint density at radius 1 is 1.33 bits per heavy atom. The van der Waals surface area contributed by atoms with Gasteiger partial charge in [0.25, 0.3) is 0 Å². The Bertz CT molecular complexity index is 489. The predicted molar refractivity (Wildman–Crippen MR) is 62.7 cm³/mol. The van der Waals surface area contributed by atoms with Gasteiger partial charge in [-0.1, -0.05) is 13.0 Å². The molecule has 0 unspecified atom stereocenters. The molecule has 18 heavy (non-hydrogen) atoms. The molecule has 0 aliphatic carbocycles. The Morgan fingerprint density at radius 3 is 2.67 bits per heavy atom. The van der Waals surface area contributed by atoms with Gasteiger partial charge in [0, 0.05) is 12.6 Å². The molecule has 0 spiro atoms. The molecule has 1 aliphatic rings. The molecule has 0 atom stereocenters. The lowest BCUT2D eigenvalue weighted by atomic mass is 10.0. The highest BCUT2D eigenvalue weighted by molar-refractivity contribution is 5.94. The molecule has 3 nitrogen and oxygen atoms in total. The van der Waals surface area contributed by atoms with Crippen LogP contribution in [-0.2, 0) is 0 Å². The number of alkyl halides is 3. The van der Waals surface area contributed by atoms with Gasteiger partial charge in [-0.15, -0.1) is 0 Å². The van der Waals surface area contributed by atoms with E-state index in [0.717, 1.165) is 0 Å². The van der Waals surface area contributed by atoms with Crippen molar-refractivity contribution in [3.8, 4) is 0 Å². The summed E-state index contributed by atoms with van der Waals surface area (Å²) in [5, 5.41) is 3.40. The first-order valence-electron chi connectivity index (χ1n) is 5.55. The van der Waals surface area contributed by atoms with Crippen LogP contribution in [0.3, 0.4) is 0 Å². The summed E-state index contributed by atoms with van der Waals surface area (Å²) in [5.74, 6) is 0. The van der Waals surface area contributed by atoms with Gasteiger partial charge in [-0.2, -0.15) is 18.3 Å². The summed E-state index contributed by atoms with van der Waals surface area (Å²) < 4.78 is 37.7. The summed E-state index contributed by atoms with van der Waals surface area (Å²) in [7, 11) is 0. The Hall–Kier alpha value is -1.85. The van der Waals surface area contributed by atoms with Crippen LogP contribution >= 0.6 is 0 Å². The number of nitrogens with one attached hydrogen (secondary N) is 1. The fourth-order valence-corrected chi connectivity index (χ4v) is 1.75. The molecule has 1 aromatic heterocycles. The largest absolute Gasteiger partial charge is 0.431 e. The number of pyridine rings is 1. The lowest BCUT2D eigenvalue weighted by Crippen LogP contribution is -2.30. The number of hydrogen-bond donors (Lipinski definition) is 1. The lowest BCUT2D eigenvalue weighted by Gasteiger charge is -2.21. The van der Waals surface area contributed by atoms with Gasteiger partial charge in [0.15, 0.2) is 0 Å². The monoisotopic (exact) mass is 255 g/mol. The first kappa shape index (κ1) is 12.6. The average Bonchev–Trinajstić information content (AvgIpc) is 2.38. The first-order chi connectivity index (χ1) is 8.52. The van der Waals surface area contributed by atoms with Crippen molar-refractivity contribution in [2.75, 3.05) is 0 Å². The Morgan fingerprint density at radius 2 is 2.11 bits per heavy atom. The fourth-order valence-electron chi connectivity index (χ4n) is 1.75. The molecule has 0 fully saturated rings. The summed E-state index contributed by atoms with van der Waals surface area (Å²) >= 11 is 0. The number of nitrogens with zero attached hydrogens (tertiary/aromatic N) is 2. The maximum Gasteiger partial charge on any atom is 0.431 e. The van der Waals surface area contributed by atoms with E-state index in [2.05, 4.69) is 15.5 Å². The van der Waals surface area contributed by atoms with Crippen molar-refractivity contribution in [1.29, 1.82) is 0 Å². The second kappa shape index (κ2) is 4.80. The van der Waals surface area contributed by atoms with Crippen LogP contribution in [0.15, 0.2) is 35.1 Å². The summed E-state index contributed by atoms with van der Waals surface area (Å²) in [6, 6.07) is 5.28. The van der Waals surface area contributed by atoms with E-state index in [1.807, 2.05) is 6.92 Å². The molecule has 2 rings (SSSR count). The van der Waals surface area contributed by atoms with Crippen LogP contribution in [0.2, 0.25) is 0 Å². The molecule has 1 aromatic rings. The van der Waals surface area contributed by atoms with Gasteiger partial charge in [0.2, 0.25) is 0 Å². The Balaban J connectivity index is 2.31. The Labute approximate surface area is 102 Å². The molecule has 6 heteroatoms. The number of hydrogen-bond acceptors (Lipinski definition) is 3. The predicted octanol–water partition coefficient (Wildman–Crippen LogP) is 3.11. The van der Waals surface area contributed by atoms with E-state index in [1.54, 1.807) is 24.4 Å². The SMILES string of the molecule is CCC1=C(c2ccccn2)NN=C(C(F)(F)F)C1. The third kappa shape index (κ3) is 2.52. The lowest BCUT2D eigenvalue weighted by molar-refractivity contribution is -0.0606. The molecular weight excluding hydrogens is 243 g/mol. The van der Waals surface area contributed by atoms with E-state index in [-0.39, 0.29) is 6.42 Å². The van der Waals surface area contributed by atoms with E-state index in [4.69, 9.17) is 0 Å². The topological polar surface area (TPSA) is 37.3 Å². The number of halogens is 3. The highest BCUT2D eigenvalue weighted by Crippen LogP contribution is 2.29. The van der Waals surface area contributed by atoms with Crippen molar-refractivity contribution in [3.05, 3.63) is 35.7 Å². The van der Waals surface area contributed by atoms with E-state index in [9.17, 15) is 13.2 Å². The number of hydrazone groups is 1. The molecule has 0 aromatic carbocycles. The summed E-state index contributed by atoms with van der Waals surface area (Å²) in [5.41, 5.74) is 3.53. The third-order valence-corrected chi connectivity index (χ3v) is 2.71. The normalized spacial score (nSPS) is 16.3. The highest BCUT2D eigenvalue weighted by Gasteiger charge is 2.38. The third-order valence-electron chi connectivity index (χ3n) is 2.71. The summed E-state index contributed by atoms with van der Waals surface area (Å²) in [6.45, 7) is 1.82. The van der Waals surface area contributed by atoms with Gasteiger partial charge in [0.1, 0.15) is 5.71 Å². The number of aromatic nitrogens is 1. The van der Waals surface area contributed by atoms with Crippen LogP contribution in [0.1, 0.15) is 25.5 Å². The van der Waals surface area contributed by atoms with E-state index in [1.165, 1.54) is 0 Å². The molecule has 0 amide bonds. The zero-order valence-electron chi connectivity index (χ0n) is 9.75. The summed E-state index contributed by atoms with van der Waals surface area (Å²) in [6.07, 6.45) is -2.45. The first-order valence-corrected chi connectivity index (χ1v) is 5.55. The van der Waals surface area contributed by atoms with Crippen molar-refractivity contribution < 1.29 is 13.2 Å². The van der Waals surface area contributed by atoms with E-state index >= 15 is 0 Å². The van der Waals surface area contributed by atoms with Crippen LogP contribution < -0.4 is 5.43 Å². The highest BCUT2D eigenvalue weighted by atomic mass is 19.4. The van der Waals surface area contributed by atoms with E-state index < -0.39 is 11.9 Å². The van der Waals surface area contributed by atoms with Crippen molar-refractivity contribution >= 4 is 11.4 Å². The van der Waals surface area contributed by atoms with Gasteiger partial charge in [-0.25, -0.2) is 0 Å². The van der Waals surface area contributed by atoms with Crippen LogP contribution in [0.25, 0.3) is 5.70 Å². The zero-order chi connectivity index (χ0) is 13.2. The van der Waals surface area contributed by atoms with Gasteiger partial charge in [0.05, 0.1) is 11.4 Å². The van der Waals surface area contributed by atoms with E-state index in [0.29, 0.717) is 23.4 Å². The minimum atomic E-state index is -4.39. The molecule has 0 saturated carbocycles. The standard InChI is InChI=1S/C12H12F3N3/c1-2-8-7-10(12(13,14)15)17-18-11(8)9-5-3-4-6-16-9/h3-6,18H,2,7H2,1H3. The molecule has 0 saturated heterocycles. The van der Waals surface area contributed by atoms with Crippen LogP contribution in [0, 0.1) is 0 Å². The minimum Gasteiger partial charge on any atom is -0.276 e. The second-order valence-electron chi connectivity index (χ2n) is 3.89. The van der Waals surface area contributed by atoms with Crippen LogP contribution in [0.4, 0.5) is 13.2 Å². The quantitative estimate of drug-likeness (QED) is 0.881. The van der Waals surface area contributed by atoms with Gasteiger partial charge in [-0.3, -0.25) is 10.4 Å². The molecule has 2 heterocycles. The number of allylic oxidation sites excluding steroid dienone is 1. The van der Waals surface area contributed by atoms with Gasteiger partial charge in [-0.05, 0) is 24.1 Å². The average molecular weight is 255 g/mol. The van der Waals surface area contributed by atoms with Crippen LogP contribution in [0.5, 0.6) is 0 Å². The number of rotatable bonds is 2. The minimum absolute atomic E-state index is 0.182. The fraction of sp³-hybridized carbons (Fsp3) is 0.333. The molecular formula is C12H12F3N3. The molecule has 96 valence electrons. The zero-order valence-corrected chi connectivity index (χ0v) is 9.75. The van der Waals surface area contributed by atoms with Gasteiger partial charge < -0.3 is 0 Å². The van der Waals surface area contributed by atoms with Crippen molar-refractivity contribution in [1.82, 2.24) is 10.4 Å². The molecule has 1 N–H and O–H groups in total. The maximum absolute atomic E-state index is 12.6. The van der Waals surface area contributed by atoms with Gasteiger partial charge >= 0.3 is 6.18 Å².